The number of carbonyl (C=O) groups excluding carboxylic acids is 1. The minimum Gasteiger partial charge on any atom is -0.395 e. The van der Waals surface area contributed by atoms with Gasteiger partial charge in [-0.25, -0.2) is 0 Å². The summed E-state index contributed by atoms with van der Waals surface area (Å²) in [7, 11) is 0. The number of amides is 1. The van der Waals surface area contributed by atoms with E-state index in [-0.39, 0.29) is 12.5 Å². The van der Waals surface area contributed by atoms with Crippen molar-refractivity contribution in [3.8, 4) is 11.8 Å². The smallest absolute Gasteiger partial charge is 0.254 e. The average Bonchev–Trinajstić information content (AvgIpc) is 3.08. The molecule has 3 nitrogen and oxygen atoms in total. The fourth-order valence-electron chi connectivity index (χ4n) is 2.56. The van der Waals surface area contributed by atoms with Crippen molar-refractivity contribution < 1.29 is 9.90 Å². The van der Waals surface area contributed by atoms with Gasteiger partial charge < -0.3 is 10.0 Å². The van der Waals surface area contributed by atoms with E-state index in [0.29, 0.717) is 12.3 Å². The van der Waals surface area contributed by atoms with Crippen LogP contribution in [0.2, 0.25) is 0 Å². The lowest BCUT2D eigenvalue weighted by Gasteiger charge is -2.15. The Labute approximate surface area is 124 Å². The second-order valence-corrected chi connectivity index (χ2v) is 6.08. The maximum Gasteiger partial charge on any atom is 0.254 e. The number of aliphatic hydroxyl groups is 1. The second kappa shape index (κ2) is 7.47. The summed E-state index contributed by atoms with van der Waals surface area (Å²) in [4.78, 5) is 15.2. The Kier molecular flexibility index (Phi) is 5.63. The first kappa shape index (κ1) is 15.1. The molecule has 0 radical (unpaired) electrons. The van der Waals surface area contributed by atoms with Crippen LogP contribution in [-0.4, -0.2) is 35.6 Å². The molecule has 0 bridgehead atoms. The molecule has 20 heavy (non-hydrogen) atoms. The molecule has 1 fully saturated rings. The normalized spacial score (nSPS) is 17.9. The molecule has 0 saturated carbocycles. The van der Waals surface area contributed by atoms with E-state index in [1.807, 2.05) is 16.3 Å². The van der Waals surface area contributed by atoms with Crippen LogP contribution < -0.4 is 0 Å². The SMILES string of the molecule is CCCC1CCN(C(=O)c2csc(C#CCCO)c2)C1. The first-order chi connectivity index (χ1) is 9.74. The summed E-state index contributed by atoms with van der Waals surface area (Å²) < 4.78 is 0. The van der Waals surface area contributed by atoms with E-state index < -0.39 is 0 Å². The summed E-state index contributed by atoms with van der Waals surface area (Å²) in [5.41, 5.74) is 0.750. The van der Waals surface area contributed by atoms with Gasteiger partial charge in [0.2, 0.25) is 0 Å². The van der Waals surface area contributed by atoms with Gasteiger partial charge in [-0.3, -0.25) is 4.79 Å². The van der Waals surface area contributed by atoms with Crippen LogP contribution in [-0.2, 0) is 0 Å². The van der Waals surface area contributed by atoms with E-state index in [0.717, 1.165) is 30.0 Å². The van der Waals surface area contributed by atoms with Crippen LogP contribution in [0.15, 0.2) is 11.4 Å². The molecule has 1 aliphatic rings. The van der Waals surface area contributed by atoms with Crippen molar-refractivity contribution in [2.45, 2.75) is 32.6 Å². The van der Waals surface area contributed by atoms with Gasteiger partial charge in [0, 0.05) is 24.9 Å². The molecule has 0 spiro atoms. The predicted octanol–water partition coefficient (Wildman–Crippen LogP) is 2.74. The number of rotatable bonds is 4. The molecule has 1 saturated heterocycles. The van der Waals surface area contributed by atoms with Crippen LogP contribution in [0.5, 0.6) is 0 Å². The molecule has 1 aromatic rings. The molecule has 108 valence electrons. The van der Waals surface area contributed by atoms with Crippen molar-refractivity contribution in [3.05, 3.63) is 21.9 Å². The van der Waals surface area contributed by atoms with Gasteiger partial charge in [-0.2, -0.15) is 0 Å². The average molecular weight is 291 g/mol. The van der Waals surface area contributed by atoms with Crippen molar-refractivity contribution in [1.29, 1.82) is 0 Å². The van der Waals surface area contributed by atoms with E-state index in [2.05, 4.69) is 18.8 Å². The van der Waals surface area contributed by atoms with Gasteiger partial charge >= 0.3 is 0 Å². The third-order valence-electron chi connectivity index (χ3n) is 3.56. The second-order valence-electron chi connectivity index (χ2n) is 5.17. The molecule has 1 atom stereocenters. The largest absolute Gasteiger partial charge is 0.395 e. The van der Waals surface area contributed by atoms with Crippen LogP contribution in [0.1, 0.15) is 47.8 Å². The molecule has 4 heteroatoms. The Morgan fingerprint density at radius 3 is 3.20 bits per heavy atom. The lowest BCUT2D eigenvalue weighted by Crippen LogP contribution is -2.28. The lowest BCUT2D eigenvalue weighted by atomic mass is 10.0. The van der Waals surface area contributed by atoms with E-state index >= 15 is 0 Å². The molecular formula is C16H21NO2S. The highest BCUT2D eigenvalue weighted by molar-refractivity contribution is 7.10. The molecule has 1 amide bonds. The van der Waals surface area contributed by atoms with Gasteiger partial charge in [-0.05, 0) is 24.8 Å². The van der Waals surface area contributed by atoms with Crippen LogP contribution in [0.25, 0.3) is 0 Å². The maximum atomic E-state index is 12.4. The Balaban J connectivity index is 1.95. The highest BCUT2D eigenvalue weighted by Crippen LogP contribution is 2.24. The number of nitrogens with zero attached hydrogens (tertiary/aromatic N) is 1. The van der Waals surface area contributed by atoms with Gasteiger partial charge in [0.1, 0.15) is 0 Å². The summed E-state index contributed by atoms with van der Waals surface area (Å²) in [6, 6.07) is 1.87. The Hall–Kier alpha value is -1.31. The molecule has 1 aliphatic heterocycles. The number of carbonyl (C=O) groups is 1. The Morgan fingerprint density at radius 2 is 2.45 bits per heavy atom. The molecule has 0 aliphatic carbocycles. The zero-order chi connectivity index (χ0) is 14.4. The summed E-state index contributed by atoms with van der Waals surface area (Å²) >= 11 is 1.50. The Bertz CT molecular complexity index is 512. The van der Waals surface area contributed by atoms with Gasteiger partial charge in [-0.1, -0.05) is 25.2 Å². The quantitative estimate of drug-likeness (QED) is 0.867. The number of thiophene rings is 1. The molecule has 2 heterocycles. The Morgan fingerprint density at radius 1 is 1.60 bits per heavy atom. The minimum absolute atomic E-state index is 0.0801. The van der Waals surface area contributed by atoms with Crippen LogP contribution in [0, 0.1) is 17.8 Å². The summed E-state index contributed by atoms with van der Waals surface area (Å²) in [6.07, 6.45) is 4.01. The van der Waals surface area contributed by atoms with Gasteiger partial charge in [0.25, 0.3) is 5.91 Å². The molecule has 1 unspecified atom stereocenters. The summed E-state index contributed by atoms with van der Waals surface area (Å²) in [5.74, 6) is 6.67. The van der Waals surface area contributed by atoms with Crippen molar-refractivity contribution >= 4 is 17.2 Å². The lowest BCUT2D eigenvalue weighted by molar-refractivity contribution is 0.0787. The zero-order valence-electron chi connectivity index (χ0n) is 11.9. The van der Waals surface area contributed by atoms with Crippen molar-refractivity contribution in [2.24, 2.45) is 5.92 Å². The standard InChI is InChI=1S/C16H21NO2S/c1-2-5-13-7-8-17(11-13)16(19)14-10-15(20-12-14)6-3-4-9-18/h10,12-13,18H,2,4-5,7-9,11H2,1H3. The number of aliphatic hydroxyl groups excluding tert-OH is 1. The fourth-order valence-corrected chi connectivity index (χ4v) is 3.31. The number of hydrogen-bond acceptors (Lipinski definition) is 3. The third kappa shape index (κ3) is 3.84. The summed E-state index contributed by atoms with van der Waals surface area (Å²) in [6.45, 7) is 4.05. The van der Waals surface area contributed by atoms with Crippen molar-refractivity contribution in [3.63, 3.8) is 0 Å². The molecule has 1 aromatic heterocycles. The first-order valence-electron chi connectivity index (χ1n) is 7.22. The van der Waals surface area contributed by atoms with E-state index in [9.17, 15) is 4.79 Å². The highest BCUT2D eigenvalue weighted by atomic mass is 32.1. The van der Waals surface area contributed by atoms with E-state index in [4.69, 9.17) is 5.11 Å². The maximum absolute atomic E-state index is 12.4. The fraction of sp³-hybridized carbons (Fsp3) is 0.562. The monoisotopic (exact) mass is 291 g/mol. The third-order valence-corrected chi connectivity index (χ3v) is 4.41. The van der Waals surface area contributed by atoms with Crippen LogP contribution in [0.3, 0.4) is 0 Å². The molecule has 1 N–H and O–H groups in total. The van der Waals surface area contributed by atoms with Gasteiger partial charge in [0.05, 0.1) is 17.0 Å². The van der Waals surface area contributed by atoms with Crippen molar-refractivity contribution in [2.75, 3.05) is 19.7 Å². The predicted molar refractivity (Wildman–Crippen MR) is 81.8 cm³/mol. The van der Waals surface area contributed by atoms with Crippen LogP contribution in [0.4, 0.5) is 0 Å². The van der Waals surface area contributed by atoms with Gasteiger partial charge in [-0.15, -0.1) is 11.3 Å². The zero-order valence-corrected chi connectivity index (χ0v) is 12.7. The molecule has 2 rings (SSSR count). The van der Waals surface area contributed by atoms with E-state index in [1.165, 1.54) is 24.2 Å². The summed E-state index contributed by atoms with van der Waals surface area (Å²) in [5, 5.41) is 10.6. The van der Waals surface area contributed by atoms with Crippen LogP contribution >= 0.6 is 11.3 Å². The van der Waals surface area contributed by atoms with Crippen molar-refractivity contribution in [1.82, 2.24) is 4.90 Å². The minimum atomic E-state index is 0.0801. The first-order valence-corrected chi connectivity index (χ1v) is 8.10. The molecule has 0 aromatic carbocycles. The van der Waals surface area contributed by atoms with E-state index in [1.54, 1.807) is 0 Å². The number of likely N-dealkylation sites (tertiary alicyclic amines) is 1. The number of hydrogen-bond donors (Lipinski definition) is 1. The molecular weight excluding hydrogens is 270 g/mol. The topological polar surface area (TPSA) is 40.5 Å². The van der Waals surface area contributed by atoms with Gasteiger partial charge in [0.15, 0.2) is 0 Å². The highest BCUT2D eigenvalue weighted by Gasteiger charge is 2.26.